The van der Waals surface area contributed by atoms with Gasteiger partial charge in [0.2, 0.25) is 0 Å². The molecule has 0 unspecified atom stereocenters. The number of aromatic nitrogens is 2. The number of alkyl halides is 3. The van der Waals surface area contributed by atoms with Gasteiger partial charge in [-0.25, -0.2) is 9.07 Å². The molecule has 1 N–H and O–H groups in total. The summed E-state index contributed by atoms with van der Waals surface area (Å²) in [6.45, 7) is -0.0259. The number of nitrogens with one attached hydrogen (secondary N) is 1. The van der Waals surface area contributed by atoms with Gasteiger partial charge in [-0.2, -0.15) is 18.3 Å². The molecule has 0 spiro atoms. The van der Waals surface area contributed by atoms with Crippen LogP contribution in [0.5, 0.6) is 5.75 Å². The fraction of sp³-hybridized carbons (Fsp3) is 0.158. The van der Waals surface area contributed by atoms with Crippen LogP contribution < -0.4 is 10.1 Å². The number of halogens is 4. The number of amides is 1. The number of hydrogen-bond acceptors (Lipinski definition) is 3. The Morgan fingerprint density at radius 3 is 2.46 bits per heavy atom. The Labute approximate surface area is 157 Å². The quantitative estimate of drug-likeness (QED) is 0.668. The van der Waals surface area contributed by atoms with Gasteiger partial charge < -0.3 is 10.1 Å². The first-order valence-electron chi connectivity index (χ1n) is 8.12. The summed E-state index contributed by atoms with van der Waals surface area (Å²) < 4.78 is 59.6. The molecule has 0 aliphatic heterocycles. The fourth-order valence-electron chi connectivity index (χ4n) is 2.69. The molecular weight excluding hydrogens is 378 g/mol. The molecule has 5 nitrogen and oxygen atoms in total. The van der Waals surface area contributed by atoms with Gasteiger partial charge in [-0.05, 0) is 30.3 Å². The molecule has 0 aliphatic carbocycles. The molecule has 28 heavy (non-hydrogen) atoms. The van der Waals surface area contributed by atoms with E-state index >= 15 is 0 Å². The van der Waals surface area contributed by atoms with Gasteiger partial charge >= 0.3 is 6.18 Å². The van der Waals surface area contributed by atoms with Crippen LogP contribution in [0.4, 0.5) is 17.6 Å². The Morgan fingerprint density at radius 1 is 1.14 bits per heavy atom. The molecule has 146 valence electrons. The minimum absolute atomic E-state index is 0.0162. The molecule has 2 aromatic carbocycles. The molecule has 1 amide bonds. The molecule has 0 atom stereocenters. The van der Waals surface area contributed by atoms with E-state index in [9.17, 15) is 22.4 Å². The van der Waals surface area contributed by atoms with E-state index in [-0.39, 0.29) is 12.2 Å². The van der Waals surface area contributed by atoms with Gasteiger partial charge in [0.25, 0.3) is 5.91 Å². The second-order valence-corrected chi connectivity index (χ2v) is 5.79. The van der Waals surface area contributed by atoms with Crippen molar-refractivity contribution < 1.29 is 27.1 Å². The Balaban J connectivity index is 1.91. The van der Waals surface area contributed by atoms with Crippen molar-refractivity contribution >= 4 is 5.91 Å². The lowest BCUT2D eigenvalue weighted by molar-refractivity contribution is -0.143. The third kappa shape index (κ3) is 3.98. The van der Waals surface area contributed by atoms with E-state index in [0.717, 1.165) is 30.5 Å². The SMILES string of the molecule is COc1ccccc1CNC(=O)c1cnn(-c2ccc(F)cc2)c1C(F)(F)F. The van der Waals surface area contributed by atoms with E-state index in [0.29, 0.717) is 16.0 Å². The van der Waals surface area contributed by atoms with Crippen LogP contribution in [0.2, 0.25) is 0 Å². The lowest BCUT2D eigenvalue weighted by Gasteiger charge is -2.13. The zero-order valence-corrected chi connectivity index (χ0v) is 14.6. The molecule has 0 aliphatic rings. The van der Waals surface area contributed by atoms with Crippen LogP contribution in [-0.2, 0) is 12.7 Å². The number of carbonyl (C=O) groups is 1. The van der Waals surface area contributed by atoms with Crippen LogP contribution in [0, 0.1) is 5.82 Å². The third-order valence-corrected chi connectivity index (χ3v) is 3.99. The predicted molar refractivity (Wildman–Crippen MR) is 92.7 cm³/mol. The van der Waals surface area contributed by atoms with Crippen LogP contribution in [0.1, 0.15) is 21.6 Å². The monoisotopic (exact) mass is 393 g/mol. The van der Waals surface area contributed by atoms with Crippen molar-refractivity contribution in [3.63, 3.8) is 0 Å². The highest BCUT2D eigenvalue weighted by Crippen LogP contribution is 2.33. The molecular formula is C19H15F4N3O2. The van der Waals surface area contributed by atoms with E-state index in [2.05, 4.69) is 10.4 Å². The van der Waals surface area contributed by atoms with Crippen molar-refractivity contribution in [3.05, 3.63) is 77.4 Å². The van der Waals surface area contributed by atoms with Crippen LogP contribution in [0.15, 0.2) is 54.7 Å². The van der Waals surface area contributed by atoms with Crippen molar-refractivity contribution in [1.82, 2.24) is 15.1 Å². The zero-order valence-electron chi connectivity index (χ0n) is 14.6. The summed E-state index contributed by atoms with van der Waals surface area (Å²) in [4.78, 5) is 12.4. The zero-order chi connectivity index (χ0) is 20.3. The number of para-hydroxylation sites is 1. The molecule has 3 rings (SSSR count). The summed E-state index contributed by atoms with van der Waals surface area (Å²) in [5.74, 6) is -1.04. The van der Waals surface area contributed by atoms with Crippen molar-refractivity contribution in [1.29, 1.82) is 0 Å². The molecule has 0 fully saturated rings. The topological polar surface area (TPSA) is 56.1 Å². The average molecular weight is 393 g/mol. The number of methoxy groups -OCH3 is 1. The van der Waals surface area contributed by atoms with Gasteiger partial charge in [-0.1, -0.05) is 18.2 Å². The first-order valence-corrected chi connectivity index (χ1v) is 8.12. The first kappa shape index (κ1) is 19.4. The predicted octanol–water partition coefficient (Wildman–Crippen LogP) is 3.97. The number of rotatable bonds is 5. The molecule has 3 aromatic rings. The number of hydrogen-bond donors (Lipinski definition) is 1. The fourth-order valence-corrected chi connectivity index (χ4v) is 2.69. The van der Waals surface area contributed by atoms with Crippen LogP contribution in [0.3, 0.4) is 0 Å². The molecule has 0 saturated carbocycles. The van der Waals surface area contributed by atoms with E-state index in [1.165, 1.54) is 7.11 Å². The highest BCUT2D eigenvalue weighted by atomic mass is 19.4. The Kier molecular flexibility index (Phi) is 5.34. The molecule has 1 aromatic heterocycles. The summed E-state index contributed by atoms with van der Waals surface area (Å²) >= 11 is 0. The number of nitrogens with zero attached hydrogens (tertiary/aromatic N) is 2. The highest BCUT2D eigenvalue weighted by Gasteiger charge is 2.40. The summed E-state index contributed by atoms with van der Waals surface area (Å²) in [7, 11) is 1.45. The number of carbonyl (C=O) groups excluding carboxylic acids is 1. The first-order chi connectivity index (χ1) is 13.3. The third-order valence-electron chi connectivity index (χ3n) is 3.99. The Morgan fingerprint density at radius 2 is 1.82 bits per heavy atom. The molecule has 0 saturated heterocycles. The Bertz CT molecular complexity index is 982. The maximum Gasteiger partial charge on any atom is 0.434 e. The summed E-state index contributed by atoms with van der Waals surface area (Å²) in [5, 5.41) is 6.13. The van der Waals surface area contributed by atoms with Gasteiger partial charge in [0, 0.05) is 12.1 Å². The standard InChI is InChI=1S/C19H15F4N3O2/c1-28-16-5-3-2-4-12(16)10-24-18(27)15-11-25-26(17(15)19(21,22)23)14-8-6-13(20)7-9-14/h2-9,11H,10H2,1H3,(H,24,27). The largest absolute Gasteiger partial charge is 0.496 e. The second-order valence-electron chi connectivity index (χ2n) is 5.79. The van der Waals surface area contributed by atoms with Gasteiger partial charge in [0.1, 0.15) is 11.6 Å². The maximum atomic E-state index is 13.6. The van der Waals surface area contributed by atoms with Crippen molar-refractivity contribution in [2.75, 3.05) is 7.11 Å². The number of ether oxygens (including phenoxy) is 1. The molecule has 0 radical (unpaired) electrons. The lowest BCUT2D eigenvalue weighted by Crippen LogP contribution is -2.26. The van der Waals surface area contributed by atoms with E-state index in [1.807, 2.05) is 0 Å². The van der Waals surface area contributed by atoms with Crippen molar-refractivity contribution in [3.8, 4) is 11.4 Å². The summed E-state index contributed by atoms with van der Waals surface area (Å²) in [5.41, 5.74) is -1.28. The normalized spacial score (nSPS) is 11.3. The maximum absolute atomic E-state index is 13.6. The molecule has 9 heteroatoms. The van der Waals surface area contributed by atoms with Crippen LogP contribution >= 0.6 is 0 Å². The van der Waals surface area contributed by atoms with Crippen LogP contribution in [0.25, 0.3) is 5.69 Å². The average Bonchev–Trinajstić information content (AvgIpc) is 3.12. The lowest BCUT2D eigenvalue weighted by atomic mass is 10.1. The molecule has 0 bridgehead atoms. The van der Waals surface area contributed by atoms with E-state index in [1.54, 1.807) is 24.3 Å². The van der Waals surface area contributed by atoms with Crippen molar-refractivity contribution in [2.45, 2.75) is 12.7 Å². The van der Waals surface area contributed by atoms with E-state index in [4.69, 9.17) is 4.74 Å². The summed E-state index contributed by atoms with van der Waals surface area (Å²) in [6.07, 6.45) is -4.01. The van der Waals surface area contributed by atoms with Gasteiger partial charge in [-0.3, -0.25) is 4.79 Å². The Hall–Kier alpha value is -3.36. The minimum atomic E-state index is -4.85. The summed E-state index contributed by atoms with van der Waals surface area (Å²) in [6, 6.07) is 11.1. The highest BCUT2D eigenvalue weighted by molar-refractivity contribution is 5.95. The van der Waals surface area contributed by atoms with Crippen molar-refractivity contribution in [2.24, 2.45) is 0 Å². The second kappa shape index (κ2) is 7.71. The van der Waals surface area contributed by atoms with Crippen LogP contribution in [-0.4, -0.2) is 22.8 Å². The van der Waals surface area contributed by atoms with Gasteiger partial charge in [0.05, 0.1) is 24.6 Å². The smallest absolute Gasteiger partial charge is 0.434 e. The number of benzene rings is 2. The minimum Gasteiger partial charge on any atom is -0.496 e. The van der Waals surface area contributed by atoms with E-state index < -0.39 is 29.2 Å². The van der Waals surface area contributed by atoms with Gasteiger partial charge in [0.15, 0.2) is 5.69 Å². The molecule has 1 heterocycles. The van der Waals surface area contributed by atoms with Gasteiger partial charge in [-0.15, -0.1) is 0 Å².